The van der Waals surface area contributed by atoms with E-state index in [2.05, 4.69) is 29.3 Å². The van der Waals surface area contributed by atoms with Gasteiger partial charge in [-0.15, -0.1) is 0 Å². The molecule has 0 bridgehead atoms. The van der Waals surface area contributed by atoms with Gasteiger partial charge in [-0.25, -0.2) is 0 Å². The number of rotatable bonds is 6. The first-order chi connectivity index (χ1) is 7.59. The summed E-state index contributed by atoms with van der Waals surface area (Å²) in [5.41, 5.74) is 1.66. The van der Waals surface area contributed by atoms with Crippen molar-refractivity contribution >= 4 is 0 Å². The Kier molecular flexibility index (Phi) is 5.22. The molecule has 0 aromatic carbocycles. The lowest BCUT2D eigenvalue weighted by atomic mass is 10.3. The highest BCUT2D eigenvalue weighted by Crippen LogP contribution is 2.13. The van der Waals surface area contributed by atoms with E-state index in [-0.39, 0.29) is 5.75 Å². The largest absolute Gasteiger partial charge is 0.506 e. The van der Waals surface area contributed by atoms with Gasteiger partial charge >= 0.3 is 0 Å². The van der Waals surface area contributed by atoms with Gasteiger partial charge in [0.05, 0.1) is 5.69 Å². The molecule has 0 amide bonds. The maximum absolute atomic E-state index is 9.57. The van der Waals surface area contributed by atoms with E-state index in [0.717, 1.165) is 30.9 Å². The van der Waals surface area contributed by atoms with Crippen LogP contribution >= 0.6 is 0 Å². The molecule has 90 valence electrons. The predicted octanol–water partition coefficient (Wildman–Crippen LogP) is 1.14. The van der Waals surface area contributed by atoms with Gasteiger partial charge in [0.15, 0.2) is 0 Å². The molecule has 0 atom stereocenters. The van der Waals surface area contributed by atoms with E-state index in [9.17, 15) is 5.11 Å². The first-order valence-corrected chi connectivity index (χ1v) is 5.60. The van der Waals surface area contributed by atoms with Gasteiger partial charge < -0.3 is 15.3 Å². The second-order valence-corrected chi connectivity index (χ2v) is 4.25. The highest BCUT2D eigenvalue weighted by Gasteiger charge is 2.02. The molecule has 1 rings (SSSR count). The molecular formula is C12H21N3O. The van der Waals surface area contributed by atoms with E-state index in [1.807, 2.05) is 13.0 Å². The van der Waals surface area contributed by atoms with Crippen LogP contribution in [0.2, 0.25) is 0 Å². The van der Waals surface area contributed by atoms with Crippen molar-refractivity contribution in [2.45, 2.75) is 19.9 Å². The summed E-state index contributed by atoms with van der Waals surface area (Å²) in [6.07, 6.45) is 1.10. The number of pyridine rings is 1. The third kappa shape index (κ3) is 4.59. The van der Waals surface area contributed by atoms with Crippen LogP contribution in [0.3, 0.4) is 0 Å². The zero-order valence-corrected chi connectivity index (χ0v) is 10.3. The Bertz CT molecular complexity index is 326. The average Bonchev–Trinajstić information content (AvgIpc) is 2.22. The summed E-state index contributed by atoms with van der Waals surface area (Å²) in [7, 11) is 4.13. The molecule has 1 aromatic rings. The number of aryl methyl sites for hydroxylation is 1. The number of nitrogens with one attached hydrogen (secondary N) is 1. The summed E-state index contributed by atoms with van der Waals surface area (Å²) < 4.78 is 0. The van der Waals surface area contributed by atoms with E-state index in [1.165, 1.54) is 0 Å². The van der Waals surface area contributed by atoms with Gasteiger partial charge in [0.2, 0.25) is 0 Å². The van der Waals surface area contributed by atoms with E-state index in [1.54, 1.807) is 6.07 Å². The van der Waals surface area contributed by atoms with Crippen LogP contribution in [-0.2, 0) is 6.54 Å². The molecule has 0 aliphatic carbocycles. The molecule has 0 saturated heterocycles. The highest BCUT2D eigenvalue weighted by atomic mass is 16.3. The van der Waals surface area contributed by atoms with Crippen molar-refractivity contribution in [1.82, 2.24) is 15.2 Å². The van der Waals surface area contributed by atoms with Crippen LogP contribution in [0.4, 0.5) is 0 Å². The minimum atomic E-state index is 0.269. The van der Waals surface area contributed by atoms with Gasteiger partial charge in [0, 0.05) is 12.2 Å². The molecule has 0 spiro atoms. The van der Waals surface area contributed by atoms with Crippen molar-refractivity contribution < 1.29 is 5.11 Å². The first kappa shape index (κ1) is 12.9. The second-order valence-electron chi connectivity index (χ2n) is 4.25. The summed E-state index contributed by atoms with van der Waals surface area (Å²) in [6, 6.07) is 3.50. The van der Waals surface area contributed by atoms with Gasteiger partial charge in [-0.2, -0.15) is 0 Å². The molecule has 0 aliphatic rings. The third-order valence-electron chi connectivity index (χ3n) is 2.34. The molecule has 0 fully saturated rings. The molecule has 0 radical (unpaired) electrons. The van der Waals surface area contributed by atoms with Crippen molar-refractivity contribution in [3.63, 3.8) is 0 Å². The molecule has 16 heavy (non-hydrogen) atoms. The van der Waals surface area contributed by atoms with Crippen LogP contribution in [0.1, 0.15) is 17.8 Å². The molecule has 0 unspecified atom stereocenters. The lowest BCUT2D eigenvalue weighted by Gasteiger charge is -2.10. The van der Waals surface area contributed by atoms with Crippen molar-refractivity contribution in [3.05, 3.63) is 23.5 Å². The summed E-state index contributed by atoms with van der Waals surface area (Å²) >= 11 is 0. The van der Waals surface area contributed by atoms with Crippen molar-refractivity contribution in [2.24, 2.45) is 0 Å². The zero-order valence-electron chi connectivity index (χ0n) is 10.3. The summed E-state index contributed by atoms with van der Waals surface area (Å²) in [6.45, 7) is 4.56. The summed E-state index contributed by atoms with van der Waals surface area (Å²) in [5.74, 6) is 0.269. The van der Waals surface area contributed by atoms with Gasteiger partial charge in [0.25, 0.3) is 0 Å². The Morgan fingerprint density at radius 1 is 1.38 bits per heavy atom. The van der Waals surface area contributed by atoms with Crippen LogP contribution in [-0.4, -0.2) is 42.2 Å². The molecule has 4 heteroatoms. The molecule has 0 aliphatic heterocycles. The Labute approximate surface area is 97.3 Å². The maximum Gasteiger partial charge on any atom is 0.138 e. The zero-order chi connectivity index (χ0) is 12.0. The monoisotopic (exact) mass is 223 g/mol. The van der Waals surface area contributed by atoms with Gasteiger partial charge in [-0.3, -0.25) is 4.98 Å². The molecule has 4 nitrogen and oxygen atoms in total. The average molecular weight is 223 g/mol. The standard InChI is InChI=1S/C12H21N3O/c1-10-5-6-12(16)11(14-10)9-13-7-4-8-15(2)3/h5-6,13,16H,4,7-9H2,1-3H3. The fraction of sp³-hybridized carbons (Fsp3) is 0.583. The van der Waals surface area contributed by atoms with Crippen LogP contribution in [0.25, 0.3) is 0 Å². The Hall–Kier alpha value is -1.13. The quantitative estimate of drug-likeness (QED) is 0.710. The molecule has 1 aromatic heterocycles. The molecular weight excluding hydrogens is 202 g/mol. The third-order valence-corrected chi connectivity index (χ3v) is 2.34. The fourth-order valence-electron chi connectivity index (χ4n) is 1.46. The number of aromatic nitrogens is 1. The molecule has 1 heterocycles. The molecule has 2 N–H and O–H groups in total. The van der Waals surface area contributed by atoms with Crippen LogP contribution in [0, 0.1) is 6.92 Å². The number of nitrogens with zero attached hydrogens (tertiary/aromatic N) is 2. The lowest BCUT2D eigenvalue weighted by Crippen LogP contribution is -2.21. The van der Waals surface area contributed by atoms with Gasteiger partial charge in [0.1, 0.15) is 5.75 Å². The second kappa shape index (κ2) is 6.45. The molecule has 0 saturated carbocycles. The maximum atomic E-state index is 9.57. The van der Waals surface area contributed by atoms with Crippen molar-refractivity contribution in [2.75, 3.05) is 27.2 Å². The minimum Gasteiger partial charge on any atom is -0.506 e. The van der Waals surface area contributed by atoms with E-state index < -0.39 is 0 Å². The number of aromatic hydroxyl groups is 1. The number of hydrogen-bond donors (Lipinski definition) is 2. The highest BCUT2D eigenvalue weighted by molar-refractivity contribution is 5.27. The predicted molar refractivity (Wildman–Crippen MR) is 65.5 cm³/mol. The van der Waals surface area contributed by atoms with Crippen LogP contribution in [0.5, 0.6) is 5.75 Å². The normalized spacial score (nSPS) is 11.0. The van der Waals surface area contributed by atoms with Gasteiger partial charge in [-0.05, 0) is 52.7 Å². The Morgan fingerprint density at radius 3 is 2.81 bits per heavy atom. The SMILES string of the molecule is Cc1ccc(O)c(CNCCCN(C)C)n1. The number of hydrogen-bond acceptors (Lipinski definition) is 4. The minimum absolute atomic E-state index is 0.269. The van der Waals surface area contributed by atoms with Gasteiger partial charge in [-0.1, -0.05) is 0 Å². The van der Waals surface area contributed by atoms with E-state index in [4.69, 9.17) is 0 Å². The van der Waals surface area contributed by atoms with Crippen molar-refractivity contribution in [1.29, 1.82) is 0 Å². The first-order valence-electron chi connectivity index (χ1n) is 5.60. The van der Waals surface area contributed by atoms with Crippen LogP contribution < -0.4 is 5.32 Å². The lowest BCUT2D eigenvalue weighted by molar-refractivity contribution is 0.393. The van der Waals surface area contributed by atoms with Crippen LogP contribution in [0.15, 0.2) is 12.1 Å². The summed E-state index contributed by atoms with van der Waals surface area (Å²) in [4.78, 5) is 6.44. The fourth-order valence-corrected chi connectivity index (χ4v) is 1.46. The Morgan fingerprint density at radius 2 is 2.12 bits per heavy atom. The Balaban J connectivity index is 2.29. The topological polar surface area (TPSA) is 48.4 Å². The van der Waals surface area contributed by atoms with Crippen molar-refractivity contribution in [3.8, 4) is 5.75 Å². The summed E-state index contributed by atoms with van der Waals surface area (Å²) in [5, 5.41) is 12.8. The van der Waals surface area contributed by atoms with E-state index >= 15 is 0 Å². The smallest absolute Gasteiger partial charge is 0.138 e. The van der Waals surface area contributed by atoms with E-state index in [0.29, 0.717) is 6.54 Å².